The number of hydrogen-bond donors (Lipinski definition) is 1. The Labute approximate surface area is 154 Å². The molecule has 1 amide bonds. The molecule has 0 saturated heterocycles. The highest BCUT2D eigenvalue weighted by Gasteiger charge is 2.21. The molecule has 6 nitrogen and oxygen atoms in total. The molecule has 2 heterocycles. The highest BCUT2D eigenvalue weighted by molar-refractivity contribution is 8.00. The number of aromatic nitrogens is 3. The quantitative estimate of drug-likeness (QED) is 0.668. The lowest BCUT2D eigenvalue weighted by molar-refractivity contribution is -0.120. The van der Waals surface area contributed by atoms with Crippen LogP contribution in [0.3, 0.4) is 0 Å². The summed E-state index contributed by atoms with van der Waals surface area (Å²) in [6.45, 7) is 3.67. The fourth-order valence-corrected chi connectivity index (χ4v) is 3.24. The second kappa shape index (κ2) is 7.74. The van der Waals surface area contributed by atoms with E-state index in [0.29, 0.717) is 16.7 Å². The third-order valence-corrected chi connectivity index (χ3v) is 5.09. The van der Waals surface area contributed by atoms with Gasteiger partial charge < -0.3 is 14.3 Å². The Morgan fingerprint density at radius 3 is 2.62 bits per heavy atom. The molecule has 0 aliphatic carbocycles. The summed E-state index contributed by atoms with van der Waals surface area (Å²) in [6.07, 6.45) is 1.57. The maximum absolute atomic E-state index is 13.0. The molecule has 0 aliphatic rings. The number of rotatable bonds is 6. The summed E-state index contributed by atoms with van der Waals surface area (Å²) >= 11 is 1.31. The van der Waals surface area contributed by atoms with Crippen molar-refractivity contribution in [2.75, 3.05) is 0 Å². The van der Waals surface area contributed by atoms with Crippen LogP contribution in [0.25, 0.3) is 11.6 Å². The van der Waals surface area contributed by atoms with E-state index in [0.717, 1.165) is 5.56 Å². The van der Waals surface area contributed by atoms with Gasteiger partial charge in [-0.1, -0.05) is 23.9 Å². The number of carbonyl (C=O) groups is 1. The molecule has 8 heteroatoms. The van der Waals surface area contributed by atoms with Crippen LogP contribution in [0.2, 0.25) is 0 Å². The van der Waals surface area contributed by atoms with Crippen LogP contribution in [0.15, 0.2) is 52.2 Å². The average molecular weight is 374 g/mol. The zero-order valence-corrected chi connectivity index (χ0v) is 15.5. The molecule has 0 fully saturated rings. The van der Waals surface area contributed by atoms with Gasteiger partial charge in [-0.15, -0.1) is 10.2 Å². The lowest BCUT2D eigenvalue weighted by atomic mass is 10.1. The summed E-state index contributed by atoms with van der Waals surface area (Å²) in [7, 11) is 1.83. The first-order chi connectivity index (χ1) is 12.5. The van der Waals surface area contributed by atoms with Crippen molar-refractivity contribution in [3.05, 3.63) is 54.0 Å². The molecule has 0 saturated carbocycles. The van der Waals surface area contributed by atoms with Gasteiger partial charge in [-0.05, 0) is 43.7 Å². The highest BCUT2D eigenvalue weighted by atomic mass is 32.2. The Morgan fingerprint density at radius 1 is 1.23 bits per heavy atom. The summed E-state index contributed by atoms with van der Waals surface area (Å²) in [5, 5.41) is 11.4. The van der Waals surface area contributed by atoms with E-state index >= 15 is 0 Å². The van der Waals surface area contributed by atoms with Crippen LogP contribution in [0.1, 0.15) is 25.5 Å². The van der Waals surface area contributed by atoms with E-state index < -0.39 is 0 Å². The van der Waals surface area contributed by atoms with Crippen molar-refractivity contribution in [1.29, 1.82) is 0 Å². The smallest absolute Gasteiger partial charge is 0.233 e. The Hall–Kier alpha value is -2.61. The number of amides is 1. The van der Waals surface area contributed by atoms with Gasteiger partial charge >= 0.3 is 0 Å². The first kappa shape index (κ1) is 18.2. The Bertz CT molecular complexity index is 877. The molecule has 3 aromatic rings. The molecule has 0 radical (unpaired) electrons. The molecule has 1 N–H and O–H groups in total. The number of halogens is 1. The van der Waals surface area contributed by atoms with Gasteiger partial charge in [0.2, 0.25) is 5.91 Å². The van der Waals surface area contributed by atoms with E-state index in [2.05, 4.69) is 15.5 Å². The van der Waals surface area contributed by atoms with Crippen molar-refractivity contribution in [2.45, 2.75) is 30.3 Å². The number of carbonyl (C=O) groups excluding carboxylic acids is 1. The average Bonchev–Trinajstić information content (AvgIpc) is 3.26. The molecule has 3 rings (SSSR count). The van der Waals surface area contributed by atoms with Crippen molar-refractivity contribution in [3.63, 3.8) is 0 Å². The molecular formula is C18H19FN4O2S. The van der Waals surface area contributed by atoms with Gasteiger partial charge in [-0.2, -0.15) is 0 Å². The van der Waals surface area contributed by atoms with Gasteiger partial charge in [0.15, 0.2) is 16.7 Å². The van der Waals surface area contributed by atoms with Gasteiger partial charge in [-0.25, -0.2) is 4.39 Å². The van der Waals surface area contributed by atoms with Crippen LogP contribution in [0, 0.1) is 5.82 Å². The number of thioether (sulfide) groups is 1. The number of benzene rings is 1. The van der Waals surface area contributed by atoms with E-state index in [-0.39, 0.29) is 23.0 Å². The molecule has 2 atom stereocenters. The lowest BCUT2D eigenvalue weighted by Gasteiger charge is -2.17. The van der Waals surface area contributed by atoms with Gasteiger partial charge in [0, 0.05) is 7.05 Å². The Morgan fingerprint density at radius 2 is 1.96 bits per heavy atom. The summed E-state index contributed by atoms with van der Waals surface area (Å²) in [4.78, 5) is 12.5. The third-order valence-electron chi connectivity index (χ3n) is 3.96. The minimum absolute atomic E-state index is 0.130. The minimum atomic E-state index is -0.370. The van der Waals surface area contributed by atoms with Crippen molar-refractivity contribution < 1.29 is 13.6 Å². The van der Waals surface area contributed by atoms with Crippen LogP contribution >= 0.6 is 11.8 Å². The number of nitrogens with one attached hydrogen (secondary N) is 1. The molecular weight excluding hydrogens is 355 g/mol. The topological polar surface area (TPSA) is 73.0 Å². The SMILES string of the molecule is CC(Sc1nnc(-c2ccco2)n1C)C(=O)NC(C)c1ccc(F)cc1. The fraction of sp³-hybridized carbons (Fsp3) is 0.278. The summed E-state index contributed by atoms with van der Waals surface area (Å²) in [6, 6.07) is 9.46. The lowest BCUT2D eigenvalue weighted by Crippen LogP contribution is -2.33. The van der Waals surface area contributed by atoms with Crippen LogP contribution in [0.5, 0.6) is 0 Å². The van der Waals surface area contributed by atoms with E-state index in [4.69, 9.17) is 4.42 Å². The van der Waals surface area contributed by atoms with Crippen molar-refractivity contribution in [1.82, 2.24) is 20.1 Å². The highest BCUT2D eigenvalue weighted by Crippen LogP contribution is 2.26. The van der Waals surface area contributed by atoms with Crippen LogP contribution in [-0.4, -0.2) is 25.9 Å². The standard InChI is InChI=1S/C18H19FN4O2S/c1-11(13-6-8-14(19)9-7-13)20-17(24)12(2)26-18-22-21-16(23(18)3)15-5-4-10-25-15/h4-12H,1-3H3,(H,20,24). The Kier molecular flexibility index (Phi) is 5.41. The summed E-state index contributed by atoms with van der Waals surface area (Å²) in [5.74, 6) is 0.791. The number of nitrogens with zero attached hydrogens (tertiary/aromatic N) is 3. The largest absolute Gasteiger partial charge is 0.461 e. The predicted molar refractivity (Wildman–Crippen MR) is 97.0 cm³/mol. The van der Waals surface area contributed by atoms with Crippen LogP contribution in [-0.2, 0) is 11.8 Å². The number of furan rings is 1. The zero-order valence-electron chi connectivity index (χ0n) is 14.6. The monoisotopic (exact) mass is 374 g/mol. The maximum atomic E-state index is 13.0. The van der Waals surface area contributed by atoms with Gasteiger partial charge in [-0.3, -0.25) is 4.79 Å². The number of hydrogen-bond acceptors (Lipinski definition) is 5. The second-order valence-electron chi connectivity index (χ2n) is 5.88. The second-order valence-corrected chi connectivity index (χ2v) is 7.19. The maximum Gasteiger partial charge on any atom is 0.233 e. The normalized spacial score (nSPS) is 13.4. The van der Waals surface area contributed by atoms with Crippen LogP contribution < -0.4 is 5.32 Å². The fourth-order valence-electron chi connectivity index (χ4n) is 2.42. The first-order valence-electron chi connectivity index (χ1n) is 8.11. The van der Waals surface area contributed by atoms with E-state index in [1.807, 2.05) is 14.0 Å². The minimum Gasteiger partial charge on any atom is -0.461 e. The summed E-state index contributed by atoms with van der Waals surface area (Å²) in [5.41, 5.74) is 0.843. The molecule has 26 heavy (non-hydrogen) atoms. The van der Waals surface area contributed by atoms with E-state index in [1.165, 1.54) is 23.9 Å². The predicted octanol–water partition coefficient (Wildman–Crippen LogP) is 3.57. The van der Waals surface area contributed by atoms with E-state index in [1.54, 1.807) is 42.0 Å². The van der Waals surface area contributed by atoms with Crippen LogP contribution in [0.4, 0.5) is 4.39 Å². The van der Waals surface area contributed by atoms with Gasteiger partial charge in [0.05, 0.1) is 17.6 Å². The first-order valence-corrected chi connectivity index (χ1v) is 8.99. The Balaban J connectivity index is 1.63. The van der Waals surface area contributed by atoms with Crippen molar-refractivity contribution >= 4 is 17.7 Å². The molecule has 1 aromatic carbocycles. The summed E-state index contributed by atoms with van der Waals surface area (Å²) < 4.78 is 20.1. The van der Waals surface area contributed by atoms with Crippen molar-refractivity contribution in [2.24, 2.45) is 7.05 Å². The molecule has 2 aromatic heterocycles. The molecule has 2 unspecified atom stereocenters. The molecule has 0 spiro atoms. The van der Waals surface area contributed by atoms with Gasteiger partial charge in [0.25, 0.3) is 0 Å². The third kappa shape index (κ3) is 3.96. The van der Waals surface area contributed by atoms with Gasteiger partial charge in [0.1, 0.15) is 5.82 Å². The molecule has 0 bridgehead atoms. The van der Waals surface area contributed by atoms with Crippen molar-refractivity contribution in [3.8, 4) is 11.6 Å². The molecule has 136 valence electrons. The van der Waals surface area contributed by atoms with E-state index in [9.17, 15) is 9.18 Å². The zero-order chi connectivity index (χ0) is 18.7. The molecule has 0 aliphatic heterocycles.